The summed E-state index contributed by atoms with van der Waals surface area (Å²) in [5.41, 5.74) is 8.19. The summed E-state index contributed by atoms with van der Waals surface area (Å²) in [5.74, 6) is 0. The van der Waals surface area contributed by atoms with Crippen LogP contribution in [0.5, 0.6) is 0 Å². The van der Waals surface area contributed by atoms with Gasteiger partial charge < -0.3 is 10.6 Å². The molecule has 1 saturated heterocycles. The Labute approximate surface area is 68.4 Å². The van der Waals surface area contributed by atoms with Crippen molar-refractivity contribution in [3.8, 4) is 0 Å². The number of piperidine rings is 1. The van der Waals surface area contributed by atoms with Gasteiger partial charge in [0, 0.05) is 13.1 Å². The Morgan fingerprint density at radius 3 is 2.73 bits per heavy atom. The minimum atomic E-state index is 0.996. The maximum atomic E-state index is 5.50. The lowest BCUT2D eigenvalue weighted by Gasteiger charge is -2.26. The van der Waals surface area contributed by atoms with Crippen molar-refractivity contribution < 1.29 is 0 Å². The van der Waals surface area contributed by atoms with E-state index in [9.17, 15) is 0 Å². The average Bonchev–Trinajstić information content (AvgIpc) is 2.04. The van der Waals surface area contributed by atoms with Crippen LogP contribution in [0.4, 0.5) is 0 Å². The average molecular weight is 152 g/mol. The third kappa shape index (κ3) is 1.84. The van der Waals surface area contributed by atoms with Gasteiger partial charge in [0.25, 0.3) is 0 Å². The number of hydrogen-bond donors (Lipinski definition) is 1. The van der Waals surface area contributed by atoms with Crippen LogP contribution in [0.15, 0.2) is 23.4 Å². The monoisotopic (exact) mass is 152 g/mol. The van der Waals surface area contributed by atoms with E-state index < -0.39 is 0 Å². The van der Waals surface area contributed by atoms with Crippen molar-refractivity contribution in [2.24, 2.45) is 5.73 Å². The molecule has 0 bridgehead atoms. The maximum absolute atomic E-state index is 5.50. The molecule has 0 aromatic heterocycles. The third-order valence-corrected chi connectivity index (χ3v) is 2.17. The van der Waals surface area contributed by atoms with Crippen LogP contribution in [0.25, 0.3) is 0 Å². The third-order valence-electron chi connectivity index (χ3n) is 2.17. The van der Waals surface area contributed by atoms with Crippen LogP contribution >= 0.6 is 0 Å². The molecule has 1 rings (SSSR count). The Bertz CT molecular complexity index is 192. The molecule has 2 N–H and O–H groups in total. The molecule has 0 spiro atoms. The molecule has 0 aromatic carbocycles. The fourth-order valence-electron chi connectivity index (χ4n) is 1.43. The molecule has 11 heavy (non-hydrogen) atoms. The van der Waals surface area contributed by atoms with E-state index in [1.54, 1.807) is 6.20 Å². The van der Waals surface area contributed by atoms with E-state index in [0.717, 1.165) is 19.5 Å². The Hall–Kier alpha value is -0.760. The van der Waals surface area contributed by atoms with E-state index in [2.05, 4.69) is 24.9 Å². The fraction of sp³-hybridized carbons (Fsp3) is 0.556. The molecule has 0 aromatic rings. The van der Waals surface area contributed by atoms with Gasteiger partial charge in [0.15, 0.2) is 0 Å². The van der Waals surface area contributed by atoms with E-state index >= 15 is 0 Å². The lowest BCUT2D eigenvalue weighted by Crippen LogP contribution is -2.28. The maximum Gasteiger partial charge on any atom is 0.0247 e. The summed E-state index contributed by atoms with van der Waals surface area (Å²) in [7, 11) is 2.12. The van der Waals surface area contributed by atoms with E-state index in [-0.39, 0.29) is 0 Å². The SMILES string of the molecule is C/C=C1/CCN(C)C/C1=C/N. The van der Waals surface area contributed by atoms with Gasteiger partial charge in [-0.2, -0.15) is 0 Å². The molecule has 1 fully saturated rings. The molecule has 0 aliphatic carbocycles. The molecule has 1 heterocycles. The van der Waals surface area contributed by atoms with Gasteiger partial charge in [-0.05, 0) is 37.7 Å². The Morgan fingerprint density at radius 2 is 2.18 bits per heavy atom. The zero-order valence-electron chi connectivity index (χ0n) is 7.30. The second kappa shape index (κ2) is 3.58. The highest BCUT2D eigenvalue weighted by Gasteiger charge is 2.13. The van der Waals surface area contributed by atoms with Crippen molar-refractivity contribution in [1.29, 1.82) is 0 Å². The van der Waals surface area contributed by atoms with Crippen molar-refractivity contribution in [3.05, 3.63) is 23.4 Å². The quantitative estimate of drug-likeness (QED) is 0.563. The number of nitrogens with two attached hydrogens (primary N) is 1. The Balaban J connectivity index is 2.72. The van der Waals surface area contributed by atoms with Crippen LogP contribution in [0.1, 0.15) is 13.3 Å². The van der Waals surface area contributed by atoms with Crippen LogP contribution < -0.4 is 5.73 Å². The molecule has 0 saturated carbocycles. The zero-order chi connectivity index (χ0) is 8.27. The van der Waals surface area contributed by atoms with Gasteiger partial charge in [0.05, 0.1) is 0 Å². The zero-order valence-corrected chi connectivity index (χ0v) is 7.30. The molecule has 0 unspecified atom stereocenters. The summed E-state index contributed by atoms with van der Waals surface area (Å²) in [6.45, 7) is 4.22. The smallest absolute Gasteiger partial charge is 0.0247 e. The number of likely N-dealkylation sites (N-methyl/N-ethyl adjacent to an activating group) is 1. The Morgan fingerprint density at radius 1 is 1.45 bits per heavy atom. The van der Waals surface area contributed by atoms with Gasteiger partial charge in [-0.15, -0.1) is 0 Å². The number of likely N-dealkylation sites (tertiary alicyclic amines) is 1. The van der Waals surface area contributed by atoms with Crippen LogP contribution in [0.2, 0.25) is 0 Å². The van der Waals surface area contributed by atoms with E-state index in [0.29, 0.717) is 0 Å². The molecule has 62 valence electrons. The van der Waals surface area contributed by atoms with Gasteiger partial charge in [-0.25, -0.2) is 0 Å². The highest BCUT2D eigenvalue weighted by atomic mass is 15.1. The molecule has 1 aliphatic rings. The number of hydrogen-bond acceptors (Lipinski definition) is 2. The predicted octanol–water partition coefficient (Wildman–Crippen LogP) is 1.11. The van der Waals surface area contributed by atoms with Crippen molar-refractivity contribution in [3.63, 3.8) is 0 Å². The standard InChI is InChI=1S/C9H16N2/c1-3-8-4-5-11(2)7-9(8)6-10/h3,6H,4-5,7,10H2,1-2H3/b8-3-,9-6-. The van der Waals surface area contributed by atoms with Gasteiger partial charge in [-0.3, -0.25) is 0 Å². The topological polar surface area (TPSA) is 29.3 Å². The first kappa shape index (κ1) is 8.34. The highest BCUT2D eigenvalue weighted by molar-refractivity contribution is 5.33. The molecule has 0 radical (unpaired) electrons. The summed E-state index contributed by atoms with van der Waals surface area (Å²) in [5, 5.41) is 0. The molecule has 0 amide bonds. The van der Waals surface area contributed by atoms with Crippen LogP contribution in [-0.2, 0) is 0 Å². The van der Waals surface area contributed by atoms with Crippen molar-refractivity contribution in [1.82, 2.24) is 4.90 Å². The first-order valence-electron chi connectivity index (χ1n) is 4.02. The van der Waals surface area contributed by atoms with Gasteiger partial charge >= 0.3 is 0 Å². The fourth-order valence-corrected chi connectivity index (χ4v) is 1.43. The van der Waals surface area contributed by atoms with Crippen molar-refractivity contribution >= 4 is 0 Å². The van der Waals surface area contributed by atoms with Crippen LogP contribution in [-0.4, -0.2) is 25.0 Å². The van der Waals surface area contributed by atoms with Crippen molar-refractivity contribution in [2.75, 3.05) is 20.1 Å². The summed E-state index contributed by atoms with van der Waals surface area (Å²) in [6, 6.07) is 0. The normalized spacial score (nSPS) is 28.2. The minimum absolute atomic E-state index is 0.996. The predicted molar refractivity (Wildman–Crippen MR) is 48.1 cm³/mol. The number of nitrogens with zero attached hydrogens (tertiary/aromatic N) is 1. The number of rotatable bonds is 0. The van der Waals surface area contributed by atoms with Crippen LogP contribution in [0.3, 0.4) is 0 Å². The van der Waals surface area contributed by atoms with Gasteiger partial charge in [0.1, 0.15) is 0 Å². The number of allylic oxidation sites excluding steroid dienone is 1. The summed E-state index contributed by atoms with van der Waals surface area (Å²) in [6.07, 6.45) is 5.02. The van der Waals surface area contributed by atoms with E-state index in [1.165, 1.54) is 11.1 Å². The van der Waals surface area contributed by atoms with E-state index in [4.69, 9.17) is 5.73 Å². The lowest BCUT2D eigenvalue weighted by atomic mass is 9.99. The van der Waals surface area contributed by atoms with Crippen LogP contribution in [0, 0.1) is 0 Å². The molecule has 1 aliphatic heterocycles. The summed E-state index contributed by atoms with van der Waals surface area (Å²) in [4.78, 5) is 2.28. The second-order valence-corrected chi connectivity index (χ2v) is 2.99. The summed E-state index contributed by atoms with van der Waals surface area (Å²) < 4.78 is 0. The highest BCUT2D eigenvalue weighted by Crippen LogP contribution is 2.19. The first-order valence-corrected chi connectivity index (χ1v) is 4.02. The summed E-state index contributed by atoms with van der Waals surface area (Å²) >= 11 is 0. The Kier molecular flexibility index (Phi) is 2.71. The van der Waals surface area contributed by atoms with E-state index in [1.807, 2.05) is 0 Å². The molecular weight excluding hydrogens is 136 g/mol. The van der Waals surface area contributed by atoms with Crippen molar-refractivity contribution in [2.45, 2.75) is 13.3 Å². The first-order chi connectivity index (χ1) is 5.27. The molecule has 2 heteroatoms. The second-order valence-electron chi connectivity index (χ2n) is 2.99. The largest absolute Gasteiger partial charge is 0.404 e. The lowest BCUT2D eigenvalue weighted by molar-refractivity contribution is 0.347. The molecule has 0 atom stereocenters. The van der Waals surface area contributed by atoms with Gasteiger partial charge in [-0.1, -0.05) is 6.08 Å². The molecule has 2 nitrogen and oxygen atoms in total. The molecular formula is C9H16N2. The van der Waals surface area contributed by atoms with Gasteiger partial charge in [0.2, 0.25) is 0 Å². The minimum Gasteiger partial charge on any atom is -0.404 e.